The summed E-state index contributed by atoms with van der Waals surface area (Å²) < 4.78 is 9.75. The number of hydrogen-bond donors (Lipinski definition) is 0. The largest absolute Gasteiger partial charge is 0.465 e. The lowest BCUT2D eigenvalue weighted by molar-refractivity contribution is -0.147. The molecule has 1 atom stereocenters. The first-order valence-electron chi connectivity index (χ1n) is 8.73. The summed E-state index contributed by atoms with van der Waals surface area (Å²) in [7, 11) is 1.29. The van der Waals surface area contributed by atoms with Crippen molar-refractivity contribution in [3.8, 4) is 0 Å². The van der Waals surface area contributed by atoms with Crippen LogP contribution < -0.4 is 4.90 Å². The molecule has 2 aromatic carbocycles. The zero-order valence-electron chi connectivity index (χ0n) is 15.3. The van der Waals surface area contributed by atoms with Crippen LogP contribution in [0.15, 0.2) is 54.6 Å². The summed E-state index contributed by atoms with van der Waals surface area (Å²) in [5, 5.41) is 0. The standard InChI is InChI=1S/C21H19NO6/c1-27-20(25)15-7-9-17(10-8-15)22-12-16(11-19(22)24)21(26)28-13-18(23)14-5-3-2-4-6-14/h2-10,16H,11-13H2,1H3/t16-/m1/s1. The molecular weight excluding hydrogens is 362 g/mol. The van der Waals surface area contributed by atoms with Crippen LogP contribution in [0.1, 0.15) is 27.1 Å². The Hall–Kier alpha value is -3.48. The van der Waals surface area contributed by atoms with Crippen molar-refractivity contribution < 1.29 is 28.7 Å². The number of carbonyl (C=O) groups is 4. The number of ether oxygens (including phenoxy) is 2. The molecule has 0 saturated carbocycles. The molecule has 0 aliphatic carbocycles. The smallest absolute Gasteiger partial charge is 0.337 e. The van der Waals surface area contributed by atoms with Crippen molar-refractivity contribution in [1.29, 1.82) is 0 Å². The summed E-state index contributed by atoms with van der Waals surface area (Å²) in [5.41, 5.74) is 1.41. The minimum absolute atomic E-state index is 0.0110. The van der Waals surface area contributed by atoms with Crippen LogP contribution in [0.25, 0.3) is 0 Å². The molecule has 28 heavy (non-hydrogen) atoms. The summed E-state index contributed by atoms with van der Waals surface area (Å²) in [5.74, 6) is -2.21. The molecule has 2 aromatic rings. The van der Waals surface area contributed by atoms with E-state index < -0.39 is 17.9 Å². The number of anilines is 1. The van der Waals surface area contributed by atoms with Gasteiger partial charge in [-0.3, -0.25) is 14.4 Å². The van der Waals surface area contributed by atoms with Crippen molar-refractivity contribution in [3.63, 3.8) is 0 Å². The van der Waals surface area contributed by atoms with E-state index in [4.69, 9.17) is 4.74 Å². The molecule has 7 heteroatoms. The van der Waals surface area contributed by atoms with Crippen molar-refractivity contribution in [2.75, 3.05) is 25.2 Å². The van der Waals surface area contributed by atoms with Gasteiger partial charge in [0.25, 0.3) is 0 Å². The molecule has 3 rings (SSSR count). The Labute approximate surface area is 161 Å². The summed E-state index contributed by atoms with van der Waals surface area (Å²) in [4.78, 5) is 49.5. The average molecular weight is 381 g/mol. The minimum atomic E-state index is -0.642. The molecule has 0 unspecified atom stereocenters. The van der Waals surface area contributed by atoms with Crippen LogP contribution in [0.4, 0.5) is 5.69 Å². The fourth-order valence-corrected chi connectivity index (χ4v) is 2.97. The summed E-state index contributed by atoms with van der Waals surface area (Å²) >= 11 is 0. The molecule has 0 N–H and O–H groups in total. The average Bonchev–Trinajstić information content (AvgIpc) is 3.13. The molecule has 1 aliphatic heterocycles. The van der Waals surface area contributed by atoms with E-state index in [9.17, 15) is 19.2 Å². The fourth-order valence-electron chi connectivity index (χ4n) is 2.97. The van der Waals surface area contributed by atoms with Gasteiger partial charge in [-0.05, 0) is 24.3 Å². The highest BCUT2D eigenvalue weighted by molar-refractivity contribution is 6.01. The molecule has 0 bridgehead atoms. The number of benzene rings is 2. The van der Waals surface area contributed by atoms with Gasteiger partial charge >= 0.3 is 11.9 Å². The number of nitrogens with zero attached hydrogens (tertiary/aromatic N) is 1. The first-order chi connectivity index (χ1) is 13.5. The second kappa shape index (κ2) is 8.47. The topological polar surface area (TPSA) is 90.0 Å². The number of amides is 1. The van der Waals surface area contributed by atoms with E-state index in [-0.39, 0.29) is 31.3 Å². The Kier molecular flexibility index (Phi) is 5.84. The van der Waals surface area contributed by atoms with Crippen LogP contribution in [0.3, 0.4) is 0 Å². The first-order valence-corrected chi connectivity index (χ1v) is 8.73. The fraction of sp³-hybridized carbons (Fsp3) is 0.238. The van der Waals surface area contributed by atoms with Gasteiger partial charge in [0.2, 0.25) is 5.91 Å². The number of rotatable bonds is 6. The van der Waals surface area contributed by atoms with Crippen molar-refractivity contribution >= 4 is 29.3 Å². The van der Waals surface area contributed by atoms with Crippen LogP contribution in [-0.2, 0) is 19.1 Å². The number of Topliss-reactive ketones (excluding diaryl/α,β-unsaturated/α-hetero) is 1. The molecule has 0 aromatic heterocycles. The lowest BCUT2D eigenvalue weighted by Crippen LogP contribution is -2.27. The predicted octanol–water partition coefficient (Wildman–Crippen LogP) is 2.25. The molecule has 1 fully saturated rings. The van der Waals surface area contributed by atoms with Gasteiger partial charge in [-0.2, -0.15) is 0 Å². The minimum Gasteiger partial charge on any atom is -0.465 e. The van der Waals surface area contributed by atoms with Crippen LogP contribution in [0.2, 0.25) is 0 Å². The SMILES string of the molecule is COC(=O)c1ccc(N2C[C@H](C(=O)OCC(=O)c3ccccc3)CC2=O)cc1. The third-order valence-electron chi connectivity index (χ3n) is 4.50. The van der Waals surface area contributed by atoms with Crippen LogP contribution in [-0.4, -0.2) is 43.9 Å². The van der Waals surface area contributed by atoms with Crippen LogP contribution >= 0.6 is 0 Å². The molecule has 1 saturated heterocycles. The monoisotopic (exact) mass is 381 g/mol. The maximum Gasteiger partial charge on any atom is 0.337 e. The van der Waals surface area contributed by atoms with Gasteiger partial charge in [0.1, 0.15) is 0 Å². The lowest BCUT2D eigenvalue weighted by atomic mass is 10.1. The first kappa shape index (κ1) is 19.3. The van der Waals surface area contributed by atoms with E-state index >= 15 is 0 Å². The molecular formula is C21H19NO6. The van der Waals surface area contributed by atoms with Gasteiger partial charge in [-0.1, -0.05) is 30.3 Å². The molecule has 7 nitrogen and oxygen atoms in total. The van der Waals surface area contributed by atoms with Gasteiger partial charge in [-0.25, -0.2) is 4.79 Å². The zero-order chi connectivity index (χ0) is 20.1. The van der Waals surface area contributed by atoms with E-state index in [2.05, 4.69) is 4.74 Å². The maximum atomic E-state index is 12.3. The number of hydrogen-bond acceptors (Lipinski definition) is 6. The second-order valence-electron chi connectivity index (χ2n) is 6.34. The quantitative estimate of drug-likeness (QED) is 0.563. The van der Waals surface area contributed by atoms with Gasteiger partial charge in [0, 0.05) is 24.2 Å². The maximum absolute atomic E-state index is 12.3. The number of methoxy groups -OCH3 is 1. The Balaban J connectivity index is 1.58. The van der Waals surface area contributed by atoms with Crippen LogP contribution in [0.5, 0.6) is 0 Å². The molecule has 144 valence electrons. The van der Waals surface area contributed by atoms with Crippen molar-refractivity contribution in [1.82, 2.24) is 0 Å². The normalized spacial score (nSPS) is 16.0. The lowest BCUT2D eigenvalue weighted by Gasteiger charge is -2.16. The number of carbonyl (C=O) groups excluding carboxylic acids is 4. The van der Waals surface area contributed by atoms with E-state index in [1.807, 2.05) is 0 Å². The Morgan fingerprint density at radius 3 is 2.32 bits per heavy atom. The van der Waals surface area contributed by atoms with Crippen molar-refractivity contribution in [2.45, 2.75) is 6.42 Å². The zero-order valence-corrected chi connectivity index (χ0v) is 15.3. The Bertz CT molecular complexity index is 891. The van der Waals surface area contributed by atoms with Gasteiger partial charge in [-0.15, -0.1) is 0 Å². The summed E-state index contributed by atoms with van der Waals surface area (Å²) in [6, 6.07) is 14.9. The van der Waals surface area contributed by atoms with Gasteiger partial charge < -0.3 is 14.4 Å². The number of ketones is 1. The Morgan fingerprint density at radius 1 is 1.00 bits per heavy atom. The molecule has 0 radical (unpaired) electrons. The summed E-state index contributed by atoms with van der Waals surface area (Å²) in [6.45, 7) is -0.198. The van der Waals surface area contributed by atoms with E-state index in [1.165, 1.54) is 12.0 Å². The summed E-state index contributed by atoms with van der Waals surface area (Å²) in [6.07, 6.45) is 0.0110. The van der Waals surface area contributed by atoms with E-state index in [0.29, 0.717) is 16.8 Å². The Morgan fingerprint density at radius 2 is 1.68 bits per heavy atom. The van der Waals surface area contributed by atoms with Gasteiger partial charge in [0.05, 0.1) is 18.6 Å². The van der Waals surface area contributed by atoms with E-state index in [1.54, 1.807) is 54.6 Å². The van der Waals surface area contributed by atoms with Crippen molar-refractivity contribution in [3.05, 3.63) is 65.7 Å². The van der Waals surface area contributed by atoms with E-state index in [0.717, 1.165) is 0 Å². The molecule has 1 heterocycles. The van der Waals surface area contributed by atoms with Crippen molar-refractivity contribution in [2.24, 2.45) is 5.92 Å². The molecule has 1 amide bonds. The van der Waals surface area contributed by atoms with Gasteiger partial charge in [0.15, 0.2) is 12.4 Å². The predicted molar refractivity (Wildman–Crippen MR) is 100.0 cm³/mol. The second-order valence-corrected chi connectivity index (χ2v) is 6.34. The van der Waals surface area contributed by atoms with Crippen LogP contribution in [0, 0.1) is 5.92 Å². The molecule has 0 spiro atoms. The molecule has 1 aliphatic rings. The highest BCUT2D eigenvalue weighted by Crippen LogP contribution is 2.26. The third kappa shape index (κ3) is 4.25. The highest BCUT2D eigenvalue weighted by Gasteiger charge is 2.36. The third-order valence-corrected chi connectivity index (χ3v) is 4.50. The number of esters is 2. The highest BCUT2D eigenvalue weighted by atomic mass is 16.5.